The van der Waals surface area contributed by atoms with Crippen molar-refractivity contribution in [2.45, 2.75) is 16.6 Å². The van der Waals surface area contributed by atoms with Gasteiger partial charge in [0.25, 0.3) is 0 Å². The Balaban J connectivity index is 1.92. The zero-order valence-electron chi connectivity index (χ0n) is 9.74. The molecule has 1 atom stereocenters. The van der Waals surface area contributed by atoms with E-state index in [4.69, 9.17) is 0 Å². The van der Waals surface area contributed by atoms with Crippen molar-refractivity contribution in [2.75, 3.05) is 11.5 Å². The van der Waals surface area contributed by atoms with E-state index in [1.54, 1.807) is 18.0 Å². The lowest BCUT2D eigenvalue weighted by atomic mass is 10.2. The first-order valence-electron chi connectivity index (χ1n) is 5.85. The molecule has 1 aliphatic heterocycles. The summed E-state index contributed by atoms with van der Waals surface area (Å²) < 4.78 is 22.9. The lowest BCUT2D eigenvalue weighted by Crippen LogP contribution is -2.06. The van der Waals surface area contributed by atoms with E-state index in [1.165, 1.54) is 0 Å². The van der Waals surface area contributed by atoms with Gasteiger partial charge in [0.05, 0.1) is 17.0 Å². The predicted molar refractivity (Wildman–Crippen MR) is 74.7 cm³/mol. The third-order valence-corrected chi connectivity index (χ3v) is 6.38. The second-order valence-electron chi connectivity index (χ2n) is 4.47. The normalized spacial score (nSPS) is 22.3. The first-order chi connectivity index (χ1) is 8.64. The van der Waals surface area contributed by atoms with E-state index >= 15 is 0 Å². The van der Waals surface area contributed by atoms with Gasteiger partial charge in [-0.25, -0.2) is 8.42 Å². The largest absolute Gasteiger partial charge is 0.255 e. The molecular weight excluding hydrogens is 266 g/mol. The van der Waals surface area contributed by atoms with E-state index in [1.807, 2.05) is 30.3 Å². The summed E-state index contributed by atoms with van der Waals surface area (Å²) in [7, 11) is -2.81. The van der Waals surface area contributed by atoms with Crippen molar-refractivity contribution < 1.29 is 8.42 Å². The third-order valence-electron chi connectivity index (χ3n) is 3.08. The number of aromatic nitrogens is 1. The summed E-state index contributed by atoms with van der Waals surface area (Å²) in [6.45, 7) is 0. The number of nitrogens with zero attached hydrogens (tertiary/aromatic N) is 1. The van der Waals surface area contributed by atoms with Crippen LogP contribution in [0.4, 0.5) is 0 Å². The van der Waals surface area contributed by atoms with Gasteiger partial charge in [0.1, 0.15) is 0 Å². The first-order valence-corrected chi connectivity index (χ1v) is 8.55. The molecule has 0 N–H and O–H groups in total. The standard InChI is InChI=1S/C13H13NO2S2/c15-18(16)8-6-11(9-18)17-12-5-1-3-10-4-2-7-14-13(10)12/h1-5,7,11H,6,8-9H2/t11-/m1/s1. The molecule has 1 aromatic carbocycles. The SMILES string of the molecule is O=S1(=O)CC[C@@H](Sc2cccc3cccnc23)C1. The molecular formula is C13H13NO2S2. The van der Waals surface area contributed by atoms with Gasteiger partial charge < -0.3 is 0 Å². The number of para-hydroxylation sites is 1. The molecule has 0 unspecified atom stereocenters. The number of rotatable bonds is 2. The summed E-state index contributed by atoms with van der Waals surface area (Å²) in [6.07, 6.45) is 2.52. The minimum absolute atomic E-state index is 0.169. The summed E-state index contributed by atoms with van der Waals surface area (Å²) in [5.41, 5.74) is 0.967. The molecule has 2 aromatic rings. The van der Waals surface area contributed by atoms with Crippen LogP contribution >= 0.6 is 11.8 Å². The van der Waals surface area contributed by atoms with Crippen LogP contribution in [0.25, 0.3) is 10.9 Å². The monoisotopic (exact) mass is 279 g/mol. The van der Waals surface area contributed by atoms with Crippen LogP contribution in [0.3, 0.4) is 0 Å². The van der Waals surface area contributed by atoms with Crippen LogP contribution in [0, 0.1) is 0 Å². The molecule has 1 fully saturated rings. The molecule has 1 aliphatic rings. The number of sulfone groups is 1. The summed E-state index contributed by atoms with van der Waals surface area (Å²) in [4.78, 5) is 5.47. The molecule has 94 valence electrons. The number of hydrogen-bond donors (Lipinski definition) is 0. The van der Waals surface area contributed by atoms with Crippen molar-refractivity contribution in [3.63, 3.8) is 0 Å². The smallest absolute Gasteiger partial charge is 0.151 e. The topological polar surface area (TPSA) is 47.0 Å². The van der Waals surface area contributed by atoms with E-state index in [9.17, 15) is 8.42 Å². The molecule has 0 spiro atoms. The first kappa shape index (κ1) is 12.0. The van der Waals surface area contributed by atoms with Gasteiger partial charge in [-0.2, -0.15) is 0 Å². The van der Waals surface area contributed by atoms with Crippen molar-refractivity contribution in [2.24, 2.45) is 0 Å². The lowest BCUT2D eigenvalue weighted by Gasteiger charge is -2.09. The van der Waals surface area contributed by atoms with Crippen LogP contribution in [0.15, 0.2) is 41.4 Å². The van der Waals surface area contributed by atoms with E-state index in [-0.39, 0.29) is 5.25 Å². The van der Waals surface area contributed by atoms with E-state index in [0.717, 1.165) is 22.2 Å². The van der Waals surface area contributed by atoms with E-state index < -0.39 is 9.84 Å². The van der Waals surface area contributed by atoms with Crippen molar-refractivity contribution >= 4 is 32.5 Å². The highest BCUT2D eigenvalue weighted by Gasteiger charge is 2.28. The fourth-order valence-electron chi connectivity index (χ4n) is 2.20. The van der Waals surface area contributed by atoms with Crippen LogP contribution in [0.5, 0.6) is 0 Å². The highest BCUT2D eigenvalue weighted by atomic mass is 32.2. The Hall–Kier alpha value is -1.07. The summed E-state index contributed by atoms with van der Waals surface area (Å²) in [5, 5.41) is 1.27. The van der Waals surface area contributed by atoms with Gasteiger partial charge >= 0.3 is 0 Å². The van der Waals surface area contributed by atoms with Gasteiger partial charge in [-0.15, -0.1) is 11.8 Å². The van der Waals surface area contributed by atoms with E-state index in [2.05, 4.69) is 4.98 Å². The molecule has 1 saturated heterocycles. The van der Waals surface area contributed by atoms with E-state index in [0.29, 0.717) is 11.5 Å². The van der Waals surface area contributed by atoms with Crippen LogP contribution < -0.4 is 0 Å². The summed E-state index contributed by atoms with van der Waals surface area (Å²) >= 11 is 1.64. The van der Waals surface area contributed by atoms with Crippen molar-refractivity contribution in [1.29, 1.82) is 0 Å². The van der Waals surface area contributed by atoms with Crippen LogP contribution in [0.2, 0.25) is 0 Å². The molecule has 2 heterocycles. The third kappa shape index (κ3) is 2.37. The fraction of sp³-hybridized carbons (Fsp3) is 0.308. The number of fused-ring (bicyclic) bond motifs is 1. The Labute approximate surface area is 111 Å². The highest BCUT2D eigenvalue weighted by Crippen LogP contribution is 2.34. The van der Waals surface area contributed by atoms with Crippen LogP contribution in [0.1, 0.15) is 6.42 Å². The number of thioether (sulfide) groups is 1. The average Bonchev–Trinajstić information content (AvgIpc) is 2.69. The fourth-order valence-corrected chi connectivity index (χ4v) is 5.83. The van der Waals surface area contributed by atoms with Gasteiger partial charge in [0, 0.05) is 21.7 Å². The second-order valence-corrected chi connectivity index (χ2v) is 8.05. The quantitative estimate of drug-likeness (QED) is 0.847. The molecule has 5 heteroatoms. The number of pyridine rings is 1. The molecule has 0 bridgehead atoms. The Morgan fingerprint density at radius 2 is 2.06 bits per heavy atom. The van der Waals surface area contributed by atoms with Gasteiger partial charge in [-0.05, 0) is 18.6 Å². The maximum atomic E-state index is 11.5. The molecule has 1 aromatic heterocycles. The Bertz CT molecular complexity index is 677. The van der Waals surface area contributed by atoms with Crippen LogP contribution in [-0.4, -0.2) is 30.2 Å². The molecule has 3 rings (SSSR count). The van der Waals surface area contributed by atoms with Gasteiger partial charge in [-0.3, -0.25) is 4.98 Å². The zero-order chi connectivity index (χ0) is 12.6. The average molecular weight is 279 g/mol. The second kappa shape index (κ2) is 4.55. The number of benzene rings is 1. The van der Waals surface area contributed by atoms with Crippen LogP contribution in [-0.2, 0) is 9.84 Å². The molecule has 3 nitrogen and oxygen atoms in total. The van der Waals surface area contributed by atoms with Gasteiger partial charge in [-0.1, -0.05) is 18.2 Å². The predicted octanol–water partition coefficient (Wildman–Crippen LogP) is 2.51. The van der Waals surface area contributed by atoms with Crippen molar-refractivity contribution in [3.05, 3.63) is 36.5 Å². The number of hydrogen-bond acceptors (Lipinski definition) is 4. The van der Waals surface area contributed by atoms with Crippen molar-refractivity contribution in [3.8, 4) is 0 Å². The maximum Gasteiger partial charge on any atom is 0.151 e. The minimum Gasteiger partial charge on any atom is -0.255 e. The summed E-state index contributed by atoms with van der Waals surface area (Å²) in [6, 6.07) is 9.98. The lowest BCUT2D eigenvalue weighted by molar-refractivity contribution is 0.602. The summed E-state index contributed by atoms with van der Waals surface area (Å²) in [5.74, 6) is 0.615. The molecule has 0 aliphatic carbocycles. The Morgan fingerprint density at radius 1 is 1.22 bits per heavy atom. The van der Waals surface area contributed by atoms with Gasteiger partial charge in [0.15, 0.2) is 9.84 Å². The zero-order valence-corrected chi connectivity index (χ0v) is 11.4. The molecule has 18 heavy (non-hydrogen) atoms. The van der Waals surface area contributed by atoms with Crippen molar-refractivity contribution in [1.82, 2.24) is 4.98 Å². The molecule has 0 amide bonds. The molecule has 0 saturated carbocycles. The Kier molecular flexibility index (Phi) is 3.03. The molecule has 0 radical (unpaired) electrons. The highest BCUT2D eigenvalue weighted by molar-refractivity contribution is 8.02. The Morgan fingerprint density at radius 3 is 2.83 bits per heavy atom. The minimum atomic E-state index is -2.81. The van der Waals surface area contributed by atoms with Gasteiger partial charge in [0.2, 0.25) is 0 Å². The maximum absolute atomic E-state index is 11.5.